The fourth-order valence-corrected chi connectivity index (χ4v) is 1.65. The Hall–Kier alpha value is -0.930. The summed E-state index contributed by atoms with van der Waals surface area (Å²) in [5, 5.41) is 0. The number of pyridine rings is 1. The highest BCUT2D eigenvalue weighted by atomic mass is 15.2. The first-order valence-electron chi connectivity index (χ1n) is 5.30. The lowest BCUT2D eigenvalue weighted by Gasteiger charge is -2.25. The topological polar surface area (TPSA) is 50.9 Å². The Kier molecular flexibility index (Phi) is 3.83. The lowest BCUT2D eigenvalue weighted by molar-refractivity contribution is 0.313. The third kappa shape index (κ3) is 3.98. The fraction of sp³-hybridized carbons (Fsp3) is 0.583. The number of aryl methyl sites for hydroxylation is 1. The third-order valence-electron chi connectivity index (χ3n) is 2.32. The van der Waals surface area contributed by atoms with Gasteiger partial charge in [0.15, 0.2) is 0 Å². The Balaban J connectivity index is 2.83. The van der Waals surface area contributed by atoms with Crippen molar-refractivity contribution in [1.82, 2.24) is 10.4 Å². The van der Waals surface area contributed by atoms with Gasteiger partial charge in [-0.3, -0.25) is 16.3 Å². The molecular weight excluding hydrogens is 186 g/mol. The van der Waals surface area contributed by atoms with Crippen LogP contribution >= 0.6 is 0 Å². The van der Waals surface area contributed by atoms with Gasteiger partial charge in [-0.25, -0.2) is 0 Å². The van der Waals surface area contributed by atoms with Gasteiger partial charge in [-0.1, -0.05) is 26.8 Å². The van der Waals surface area contributed by atoms with E-state index in [-0.39, 0.29) is 11.5 Å². The molecule has 3 nitrogen and oxygen atoms in total. The van der Waals surface area contributed by atoms with E-state index in [2.05, 4.69) is 37.2 Å². The van der Waals surface area contributed by atoms with Gasteiger partial charge >= 0.3 is 0 Å². The average Bonchev–Trinajstić information content (AvgIpc) is 2.13. The maximum absolute atomic E-state index is 5.58. The first-order chi connectivity index (χ1) is 6.92. The molecule has 3 heteroatoms. The molecule has 0 aliphatic carbocycles. The standard InChI is InChI=1S/C12H21N3/c1-9-5-10(8-14-7-9)11(15-13)6-12(2,3)4/h5,7-8,11,15H,6,13H2,1-4H3. The second-order valence-corrected chi connectivity index (χ2v) is 5.28. The molecule has 1 aromatic heterocycles. The van der Waals surface area contributed by atoms with Gasteiger partial charge in [0.2, 0.25) is 0 Å². The van der Waals surface area contributed by atoms with Crippen LogP contribution in [0.15, 0.2) is 18.5 Å². The third-order valence-corrected chi connectivity index (χ3v) is 2.32. The van der Waals surface area contributed by atoms with Gasteiger partial charge in [0, 0.05) is 18.4 Å². The van der Waals surface area contributed by atoms with Crippen LogP contribution in [0.3, 0.4) is 0 Å². The van der Waals surface area contributed by atoms with Gasteiger partial charge < -0.3 is 0 Å². The van der Waals surface area contributed by atoms with Crippen molar-refractivity contribution in [3.63, 3.8) is 0 Å². The van der Waals surface area contributed by atoms with Crippen LogP contribution in [-0.4, -0.2) is 4.98 Å². The second-order valence-electron chi connectivity index (χ2n) is 5.28. The molecule has 1 unspecified atom stereocenters. The van der Waals surface area contributed by atoms with Gasteiger partial charge in [0.25, 0.3) is 0 Å². The molecule has 1 atom stereocenters. The van der Waals surface area contributed by atoms with Crippen LogP contribution in [0.4, 0.5) is 0 Å². The Morgan fingerprint density at radius 2 is 2.07 bits per heavy atom. The van der Waals surface area contributed by atoms with Crippen molar-refractivity contribution in [1.29, 1.82) is 0 Å². The van der Waals surface area contributed by atoms with Crippen LogP contribution in [0, 0.1) is 12.3 Å². The highest BCUT2D eigenvalue weighted by molar-refractivity contribution is 5.20. The first kappa shape index (κ1) is 12.1. The smallest absolute Gasteiger partial charge is 0.0480 e. The summed E-state index contributed by atoms with van der Waals surface area (Å²) in [6.45, 7) is 8.67. The number of hydrogen-bond acceptors (Lipinski definition) is 3. The Morgan fingerprint density at radius 1 is 1.40 bits per heavy atom. The number of hydrazine groups is 1. The zero-order valence-corrected chi connectivity index (χ0v) is 10.0. The molecule has 1 rings (SSSR count). The van der Waals surface area contributed by atoms with Crippen LogP contribution < -0.4 is 11.3 Å². The van der Waals surface area contributed by atoms with Crippen LogP contribution in [0.1, 0.15) is 44.4 Å². The molecule has 0 radical (unpaired) electrons. The lowest BCUT2D eigenvalue weighted by atomic mass is 9.86. The maximum atomic E-state index is 5.58. The summed E-state index contributed by atoms with van der Waals surface area (Å²) in [4.78, 5) is 4.19. The van der Waals surface area contributed by atoms with Crippen molar-refractivity contribution in [2.24, 2.45) is 11.3 Å². The van der Waals surface area contributed by atoms with Crippen LogP contribution in [-0.2, 0) is 0 Å². The number of hydrogen-bond donors (Lipinski definition) is 2. The lowest BCUT2D eigenvalue weighted by Crippen LogP contribution is -2.31. The minimum absolute atomic E-state index is 0.178. The van der Waals surface area contributed by atoms with E-state index in [4.69, 9.17) is 5.84 Å². The summed E-state index contributed by atoms with van der Waals surface area (Å²) in [7, 11) is 0. The minimum atomic E-state index is 0.178. The Morgan fingerprint density at radius 3 is 2.53 bits per heavy atom. The van der Waals surface area contributed by atoms with E-state index in [1.807, 2.05) is 19.3 Å². The molecule has 0 aromatic carbocycles. The van der Waals surface area contributed by atoms with Crippen molar-refractivity contribution in [2.45, 2.75) is 40.2 Å². The van der Waals surface area contributed by atoms with E-state index in [1.54, 1.807) is 0 Å². The molecule has 1 aromatic rings. The molecule has 15 heavy (non-hydrogen) atoms. The molecule has 0 fully saturated rings. The second kappa shape index (κ2) is 4.73. The summed E-state index contributed by atoms with van der Waals surface area (Å²) >= 11 is 0. The summed E-state index contributed by atoms with van der Waals surface area (Å²) in [5.74, 6) is 5.58. The molecule has 84 valence electrons. The SMILES string of the molecule is Cc1cncc(C(CC(C)(C)C)NN)c1. The number of nitrogens with zero attached hydrogens (tertiary/aromatic N) is 1. The van der Waals surface area contributed by atoms with Crippen molar-refractivity contribution in [3.8, 4) is 0 Å². The fourth-order valence-electron chi connectivity index (χ4n) is 1.65. The largest absolute Gasteiger partial charge is 0.271 e. The number of aromatic nitrogens is 1. The summed E-state index contributed by atoms with van der Waals surface area (Å²) in [5.41, 5.74) is 5.44. The summed E-state index contributed by atoms with van der Waals surface area (Å²) < 4.78 is 0. The van der Waals surface area contributed by atoms with Crippen LogP contribution in [0.2, 0.25) is 0 Å². The maximum Gasteiger partial charge on any atom is 0.0480 e. The number of nitrogens with two attached hydrogens (primary N) is 1. The van der Waals surface area contributed by atoms with E-state index in [0.717, 1.165) is 12.0 Å². The quantitative estimate of drug-likeness (QED) is 0.591. The monoisotopic (exact) mass is 207 g/mol. The Labute approximate surface area is 92.1 Å². The van der Waals surface area contributed by atoms with E-state index >= 15 is 0 Å². The van der Waals surface area contributed by atoms with Gasteiger partial charge in [-0.05, 0) is 29.9 Å². The molecule has 0 spiro atoms. The number of nitrogens with one attached hydrogen (secondary N) is 1. The number of rotatable bonds is 3. The normalized spacial score (nSPS) is 13.9. The van der Waals surface area contributed by atoms with E-state index in [9.17, 15) is 0 Å². The van der Waals surface area contributed by atoms with Crippen molar-refractivity contribution in [2.75, 3.05) is 0 Å². The minimum Gasteiger partial charge on any atom is -0.271 e. The van der Waals surface area contributed by atoms with Gasteiger partial charge in [0.05, 0.1) is 0 Å². The van der Waals surface area contributed by atoms with Crippen LogP contribution in [0.5, 0.6) is 0 Å². The Bertz CT molecular complexity index is 315. The molecule has 0 amide bonds. The van der Waals surface area contributed by atoms with Crippen molar-refractivity contribution < 1.29 is 0 Å². The molecule has 0 aliphatic heterocycles. The van der Waals surface area contributed by atoms with E-state index in [1.165, 1.54) is 5.56 Å². The van der Waals surface area contributed by atoms with Crippen molar-refractivity contribution >= 4 is 0 Å². The summed E-state index contributed by atoms with van der Waals surface area (Å²) in [6, 6.07) is 2.31. The zero-order chi connectivity index (χ0) is 11.5. The average molecular weight is 207 g/mol. The first-order valence-corrected chi connectivity index (χ1v) is 5.30. The van der Waals surface area contributed by atoms with E-state index < -0.39 is 0 Å². The van der Waals surface area contributed by atoms with Gasteiger partial charge in [-0.2, -0.15) is 0 Å². The van der Waals surface area contributed by atoms with Gasteiger partial charge in [-0.15, -0.1) is 0 Å². The van der Waals surface area contributed by atoms with E-state index in [0.29, 0.717) is 0 Å². The van der Waals surface area contributed by atoms with Crippen molar-refractivity contribution in [3.05, 3.63) is 29.6 Å². The summed E-state index contributed by atoms with van der Waals surface area (Å²) in [6.07, 6.45) is 4.73. The zero-order valence-electron chi connectivity index (χ0n) is 10.0. The highest BCUT2D eigenvalue weighted by Gasteiger charge is 2.19. The van der Waals surface area contributed by atoms with Crippen LogP contribution in [0.25, 0.3) is 0 Å². The molecule has 3 N–H and O–H groups in total. The molecule has 0 bridgehead atoms. The van der Waals surface area contributed by atoms with Gasteiger partial charge in [0.1, 0.15) is 0 Å². The molecule has 0 aliphatic rings. The predicted molar refractivity (Wildman–Crippen MR) is 63.1 cm³/mol. The molecule has 1 heterocycles. The molecule has 0 saturated heterocycles. The molecule has 0 saturated carbocycles. The highest BCUT2D eigenvalue weighted by Crippen LogP contribution is 2.28. The molecular formula is C12H21N3. The predicted octanol–water partition coefficient (Wildman–Crippen LogP) is 2.33.